The molecule has 1 aliphatic heterocycles. The summed E-state index contributed by atoms with van der Waals surface area (Å²) < 4.78 is 40.2. The van der Waals surface area contributed by atoms with Crippen LogP contribution in [0, 0.1) is 6.92 Å². The Labute approximate surface area is 197 Å². The minimum Gasteiger partial charge on any atom is -0.336 e. The number of hydrogen-bond donors (Lipinski definition) is 0. The number of piperazine rings is 1. The standard InChI is InChI=1S/C25H28F3N5O/c1-17(2)23-21(15-30-33(23)22-9-8-20(14-29-22)25(26,27)28)24(34)32-12-10-31(11-13-32)16-19-7-5-4-6-18(19)3/h4-9,14-15,17H,10-13,16H2,1-3H3. The molecule has 2 aromatic heterocycles. The zero-order valence-electron chi connectivity index (χ0n) is 19.5. The first-order valence-corrected chi connectivity index (χ1v) is 11.3. The third kappa shape index (κ3) is 4.99. The molecule has 1 aromatic carbocycles. The van der Waals surface area contributed by atoms with E-state index in [0.717, 1.165) is 31.9 Å². The van der Waals surface area contributed by atoms with Crippen LogP contribution in [0.15, 0.2) is 48.8 Å². The summed E-state index contributed by atoms with van der Waals surface area (Å²) in [5, 5.41) is 4.31. The van der Waals surface area contributed by atoms with E-state index in [1.54, 1.807) is 0 Å². The third-order valence-corrected chi connectivity index (χ3v) is 6.19. The molecule has 180 valence electrons. The Morgan fingerprint density at radius 2 is 1.74 bits per heavy atom. The number of amides is 1. The molecule has 0 aliphatic carbocycles. The van der Waals surface area contributed by atoms with Gasteiger partial charge in [-0.2, -0.15) is 18.3 Å². The lowest BCUT2D eigenvalue weighted by Gasteiger charge is -2.35. The van der Waals surface area contributed by atoms with E-state index in [-0.39, 0.29) is 17.6 Å². The molecule has 0 saturated carbocycles. The highest BCUT2D eigenvalue weighted by molar-refractivity contribution is 5.95. The molecule has 3 heterocycles. The van der Waals surface area contributed by atoms with Crippen LogP contribution in [0.2, 0.25) is 0 Å². The lowest BCUT2D eigenvalue weighted by Crippen LogP contribution is -2.48. The van der Waals surface area contributed by atoms with Crippen LogP contribution in [-0.2, 0) is 12.7 Å². The van der Waals surface area contributed by atoms with Gasteiger partial charge in [0.05, 0.1) is 23.0 Å². The first-order valence-electron chi connectivity index (χ1n) is 11.3. The monoisotopic (exact) mass is 471 g/mol. The van der Waals surface area contributed by atoms with Crippen molar-refractivity contribution in [1.82, 2.24) is 24.6 Å². The summed E-state index contributed by atoms with van der Waals surface area (Å²) >= 11 is 0. The third-order valence-electron chi connectivity index (χ3n) is 6.19. The maximum Gasteiger partial charge on any atom is 0.417 e. The molecule has 3 aromatic rings. The van der Waals surface area contributed by atoms with Gasteiger partial charge in [-0.1, -0.05) is 38.1 Å². The molecule has 6 nitrogen and oxygen atoms in total. The van der Waals surface area contributed by atoms with Crippen molar-refractivity contribution in [2.24, 2.45) is 0 Å². The van der Waals surface area contributed by atoms with Crippen LogP contribution in [0.25, 0.3) is 5.82 Å². The Balaban J connectivity index is 1.49. The number of rotatable bonds is 5. The van der Waals surface area contributed by atoms with E-state index in [2.05, 4.69) is 34.0 Å². The molecule has 1 aliphatic rings. The normalized spacial score (nSPS) is 15.2. The number of aryl methyl sites for hydroxylation is 1. The predicted molar refractivity (Wildman–Crippen MR) is 123 cm³/mol. The predicted octanol–water partition coefficient (Wildman–Crippen LogP) is 4.68. The zero-order chi connectivity index (χ0) is 24.5. The minimum atomic E-state index is -4.46. The molecule has 0 N–H and O–H groups in total. The van der Waals surface area contributed by atoms with E-state index in [0.29, 0.717) is 24.3 Å². The minimum absolute atomic E-state index is 0.0760. The fourth-order valence-corrected chi connectivity index (χ4v) is 4.25. The number of alkyl halides is 3. The van der Waals surface area contributed by atoms with Gasteiger partial charge in [-0.05, 0) is 36.1 Å². The van der Waals surface area contributed by atoms with Crippen molar-refractivity contribution in [2.45, 2.75) is 39.4 Å². The summed E-state index contributed by atoms with van der Waals surface area (Å²) in [7, 11) is 0. The summed E-state index contributed by atoms with van der Waals surface area (Å²) in [6, 6.07) is 10.6. The van der Waals surface area contributed by atoms with Crippen molar-refractivity contribution in [2.75, 3.05) is 26.2 Å². The van der Waals surface area contributed by atoms with Crippen molar-refractivity contribution >= 4 is 5.91 Å². The summed E-state index contributed by atoms with van der Waals surface area (Å²) in [4.78, 5) is 21.5. The fourth-order valence-electron chi connectivity index (χ4n) is 4.25. The number of hydrogen-bond acceptors (Lipinski definition) is 4. The molecule has 0 radical (unpaired) electrons. The average molecular weight is 472 g/mol. The second kappa shape index (κ2) is 9.58. The zero-order valence-corrected chi connectivity index (χ0v) is 19.5. The number of benzene rings is 1. The van der Waals surface area contributed by atoms with Crippen LogP contribution < -0.4 is 0 Å². The maximum absolute atomic E-state index is 13.4. The van der Waals surface area contributed by atoms with Crippen molar-refractivity contribution in [3.8, 4) is 5.82 Å². The maximum atomic E-state index is 13.4. The Morgan fingerprint density at radius 3 is 2.32 bits per heavy atom. The van der Waals surface area contributed by atoms with Crippen LogP contribution in [0.1, 0.15) is 52.5 Å². The number of aromatic nitrogens is 3. The van der Waals surface area contributed by atoms with Crippen molar-refractivity contribution in [3.05, 3.63) is 76.7 Å². The molecule has 34 heavy (non-hydrogen) atoms. The molecule has 9 heteroatoms. The average Bonchev–Trinajstić information content (AvgIpc) is 3.26. The molecule has 4 rings (SSSR count). The van der Waals surface area contributed by atoms with Gasteiger partial charge in [-0.25, -0.2) is 9.67 Å². The summed E-state index contributed by atoms with van der Waals surface area (Å²) in [5.74, 6) is 0.0593. The van der Waals surface area contributed by atoms with Crippen LogP contribution in [0.3, 0.4) is 0 Å². The van der Waals surface area contributed by atoms with Crippen molar-refractivity contribution in [3.63, 3.8) is 0 Å². The lowest BCUT2D eigenvalue weighted by molar-refractivity contribution is -0.137. The molecule has 1 amide bonds. The van der Waals surface area contributed by atoms with E-state index in [9.17, 15) is 18.0 Å². The lowest BCUT2D eigenvalue weighted by atomic mass is 10.0. The summed E-state index contributed by atoms with van der Waals surface area (Å²) in [6.45, 7) is 9.55. The number of pyridine rings is 1. The highest BCUT2D eigenvalue weighted by Crippen LogP contribution is 2.30. The molecule has 0 spiro atoms. The van der Waals surface area contributed by atoms with Crippen LogP contribution in [0.4, 0.5) is 13.2 Å². The number of nitrogens with zero attached hydrogens (tertiary/aromatic N) is 5. The molecular formula is C25H28F3N5O. The molecular weight excluding hydrogens is 443 g/mol. The highest BCUT2D eigenvalue weighted by atomic mass is 19.4. The van der Waals surface area contributed by atoms with E-state index in [1.165, 1.54) is 28.1 Å². The van der Waals surface area contributed by atoms with Gasteiger partial charge in [0.25, 0.3) is 5.91 Å². The molecule has 1 saturated heterocycles. The molecule has 0 atom stereocenters. The summed E-state index contributed by atoms with van der Waals surface area (Å²) in [6.07, 6.45) is -2.17. The first-order chi connectivity index (χ1) is 16.1. The van der Waals surface area contributed by atoms with Crippen LogP contribution >= 0.6 is 0 Å². The van der Waals surface area contributed by atoms with E-state index >= 15 is 0 Å². The van der Waals surface area contributed by atoms with Crippen molar-refractivity contribution < 1.29 is 18.0 Å². The van der Waals surface area contributed by atoms with Crippen LogP contribution in [-0.4, -0.2) is 56.7 Å². The summed E-state index contributed by atoms with van der Waals surface area (Å²) in [5.41, 5.74) is 2.82. The Kier molecular flexibility index (Phi) is 6.74. The van der Waals surface area contributed by atoms with Gasteiger partial charge in [0, 0.05) is 38.9 Å². The van der Waals surface area contributed by atoms with E-state index in [1.807, 2.05) is 30.9 Å². The van der Waals surface area contributed by atoms with Crippen LogP contribution in [0.5, 0.6) is 0 Å². The van der Waals surface area contributed by atoms with Gasteiger partial charge in [0.2, 0.25) is 0 Å². The smallest absolute Gasteiger partial charge is 0.336 e. The quantitative estimate of drug-likeness (QED) is 0.543. The number of halogens is 3. The second-order valence-electron chi connectivity index (χ2n) is 8.91. The first kappa shape index (κ1) is 23.9. The topological polar surface area (TPSA) is 54.3 Å². The second-order valence-corrected chi connectivity index (χ2v) is 8.91. The van der Waals surface area contributed by atoms with Gasteiger partial charge in [0.1, 0.15) is 0 Å². The van der Waals surface area contributed by atoms with E-state index < -0.39 is 11.7 Å². The fraction of sp³-hybridized carbons (Fsp3) is 0.400. The molecule has 0 bridgehead atoms. The Hall–Kier alpha value is -3.20. The Bertz CT molecular complexity index is 1150. The highest BCUT2D eigenvalue weighted by Gasteiger charge is 2.31. The van der Waals surface area contributed by atoms with Gasteiger partial charge < -0.3 is 4.90 Å². The van der Waals surface area contributed by atoms with E-state index in [4.69, 9.17) is 0 Å². The van der Waals surface area contributed by atoms with Gasteiger partial charge in [0.15, 0.2) is 5.82 Å². The van der Waals surface area contributed by atoms with Gasteiger partial charge >= 0.3 is 6.18 Å². The molecule has 0 unspecified atom stereocenters. The van der Waals surface area contributed by atoms with Gasteiger partial charge in [-0.15, -0.1) is 0 Å². The largest absolute Gasteiger partial charge is 0.417 e. The number of carbonyl (C=O) groups excluding carboxylic acids is 1. The SMILES string of the molecule is Cc1ccccc1CN1CCN(C(=O)c2cnn(-c3ccc(C(F)(F)F)cn3)c2C(C)C)CC1. The van der Waals surface area contributed by atoms with Gasteiger partial charge in [-0.3, -0.25) is 9.69 Å². The molecule has 1 fully saturated rings. The number of carbonyl (C=O) groups is 1. The van der Waals surface area contributed by atoms with Crippen molar-refractivity contribution in [1.29, 1.82) is 0 Å². The Morgan fingerprint density at radius 1 is 1.03 bits per heavy atom.